The molecule has 1 aliphatic rings. The number of nitrogens with zero attached hydrogens (tertiary/aromatic N) is 3. The molecule has 5 rings (SSSR count). The molecule has 0 saturated carbocycles. The van der Waals surface area contributed by atoms with Gasteiger partial charge in [0.05, 0.1) is 27.0 Å². The van der Waals surface area contributed by atoms with Gasteiger partial charge in [-0.05, 0) is 48.7 Å². The maximum absolute atomic E-state index is 14.0. The molecule has 0 aliphatic carbocycles. The topological polar surface area (TPSA) is 79.1 Å². The molecular weight excluding hydrogens is 511 g/mol. The second-order valence-corrected chi connectivity index (χ2v) is 9.90. The average Bonchev–Trinajstić information content (AvgIpc) is 3.34. The molecule has 3 heterocycles. The molecule has 9 heteroatoms. The number of pyridine rings is 1. The van der Waals surface area contributed by atoms with Gasteiger partial charge in [0.2, 0.25) is 0 Å². The zero-order chi connectivity index (χ0) is 26.4. The maximum atomic E-state index is 14.0. The fraction of sp³-hybridized carbons (Fsp3) is 0.143. The second kappa shape index (κ2) is 9.50. The number of aryl methyl sites for hydroxylation is 1. The molecule has 0 radical (unpaired) electrons. The van der Waals surface area contributed by atoms with E-state index in [4.69, 9.17) is 23.2 Å². The van der Waals surface area contributed by atoms with Crippen molar-refractivity contribution >= 4 is 52.0 Å². The molecule has 37 heavy (non-hydrogen) atoms. The van der Waals surface area contributed by atoms with Gasteiger partial charge in [0, 0.05) is 17.8 Å². The van der Waals surface area contributed by atoms with Crippen molar-refractivity contribution in [1.29, 1.82) is 0 Å². The molecular formula is C28H23Cl2N4O3+. The summed E-state index contributed by atoms with van der Waals surface area (Å²) in [5, 5.41) is 3.77. The van der Waals surface area contributed by atoms with Crippen LogP contribution in [-0.2, 0) is 9.59 Å². The summed E-state index contributed by atoms with van der Waals surface area (Å²) < 4.78 is 2.89. The molecule has 0 saturated heterocycles. The van der Waals surface area contributed by atoms with Gasteiger partial charge in [-0.25, -0.2) is 9.58 Å². The number of hydrogen-bond acceptors (Lipinski definition) is 3. The number of benzene rings is 2. The van der Waals surface area contributed by atoms with Crippen LogP contribution in [0, 0.1) is 6.92 Å². The van der Waals surface area contributed by atoms with Crippen molar-refractivity contribution in [3.05, 3.63) is 110 Å². The Hall–Kier alpha value is -3.94. The lowest BCUT2D eigenvalue weighted by Crippen LogP contribution is -2.39. The van der Waals surface area contributed by atoms with E-state index in [9.17, 15) is 14.4 Å². The highest BCUT2D eigenvalue weighted by atomic mass is 35.5. The summed E-state index contributed by atoms with van der Waals surface area (Å²) >= 11 is 12.3. The summed E-state index contributed by atoms with van der Waals surface area (Å²) in [5.41, 5.74) is 2.11. The highest BCUT2D eigenvalue weighted by Gasteiger charge is 2.48. The van der Waals surface area contributed by atoms with Crippen LogP contribution in [0.25, 0.3) is 17.0 Å². The number of hydrogen-bond donors (Lipinski definition) is 1. The van der Waals surface area contributed by atoms with E-state index in [-0.39, 0.29) is 27.8 Å². The van der Waals surface area contributed by atoms with Gasteiger partial charge in [-0.15, -0.1) is 0 Å². The van der Waals surface area contributed by atoms with E-state index in [0.717, 1.165) is 10.5 Å². The molecule has 2 amide bonds. The van der Waals surface area contributed by atoms with Crippen molar-refractivity contribution in [1.82, 2.24) is 9.78 Å². The smallest absolute Gasteiger partial charge is 0.294 e. The zero-order valence-electron chi connectivity index (χ0n) is 20.3. The van der Waals surface area contributed by atoms with Crippen LogP contribution in [0.15, 0.2) is 77.9 Å². The fourth-order valence-electron chi connectivity index (χ4n) is 4.45. The third kappa shape index (κ3) is 4.20. The first-order chi connectivity index (χ1) is 17.7. The third-order valence-electron chi connectivity index (χ3n) is 6.20. The Morgan fingerprint density at radius 3 is 2.22 bits per heavy atom. The molecule has 0 fully saturated rings. The van der Waals surface area contributed by atoms with Crippen LogP contribution in [0.5, 0.6) is 0 Å². The number of rotatable bonds is 5. The summed E-state index contributed by atoms with van der Waals surface area (Å²) in [7, 11) is 0. The largest absolute Gasteiger partial charge is 0.331 e. The summed E-state index contributed by atoms with van der Waals surface area (Å²) in [6, 6.07) is 17.3. The Morgan fingerprint density at radius 1 is 0.838 bits per heavy atom. The van der Waals surface area contributed by atoms with Gasteiger partial charge >= 0.3 is 5.91 Å². The van der Waals surface area contributed by atoms with Crippen LogP contribution in [0.1, 0.15) is 36.6 Å². The number of aromatic amines is 1. The number of aromatic nitrogens is 3. The Labute approximate surface area is 223 Å². The lowest BCUT2D eigenvalue weighted by Gasteiger charge is -2.14. The van der Waals surface area contributed by atoms with Gasteiger partial charge in [-0.2, -0.15) is 4.57 Å². The van der Waals surface area contributed by atoms with Crippen molar-refractivity contribution in [3.63, 3.8) is 0 Å². The van der Waals surface area contributed by atoms with E-state index in [0.29, 0.717) is 22.1 Å². The SMILES string of the molecule is Cc1cccc(N2C(=O)C(c3c(C(C)C)[nH]n(-c4ccc(Cl)c(Cl)c4)c3=O)=C([n+]3ccccc3)C2=O)c1. The Balaban J connectivity index is 1.80. The second-order valence-electron chi connectivity index (χ2n) is 9.09. The molecule has 2 aromatic heterocycles. The molecule has 0 bridgehead atoms. The minimum absolute atomic E-state index is 0.0338. The lowest BCUT2D eigenvalue weighted by atomic mass is 9.98. The van der Waals surface area contributed by atoms with Crippen molar-refractivity contribution in [3.8, 4) is 5.69 Å². The van der Waals surface area contributed by atoms with E-state index in [1.54, 1.807) is 65.5 Å². The van der Waals surface area contributed by atoms with E-state index in [1.165, 1.54) is 4.68 Å². The number of imide groups is 1. The number of carbonyl (C=O) groups excluding carboxylic acids is 2. The number of H-pyrrole nitrogens is 1. The van der Waals surface area contributed by atoms with Gasteiger partial charge < -0.3 is 0 Å². The van der Waals surface area contributed by atoms with E-state index >= 15 is 0 Å². The first-order valence-corrected chi connectivity index (χ1v) is 12.4. The molecule has 1 aliphatic heterocycles. The number of anilines is 1. The van der Waals surface area contributed by atoms with Crippen molar-refractivity contribution in [2.24, 2.45) is 0 Å². The van der Waals surface area contributed by atoms with Crippen LogP contribution in [0.2, 0.25) is 10.0 Å². The van der Waals surface area contributed by atoms with Crippen LogP contribution < -0.4 is 15.0 Å². The van der Waals surface area contributed by atoms with E-state index < -0.39 is 17.4 Å². The summed E-state index contributed by atoms with van der Waals surface area (Å²) in [6.45, 7) is 5.70. The number of halogens is 2. The normalized spacial score (nSPS) is 13.8. The molecule has 4 aromatic rings. The third-order valence-corrected chi connectivity index (χ3v) is 6.94. The summed E-state index contributed by atoms with van der Waals surface area (Å²) in [4.78, 5) is 42.9. The Bertz CT molecular complexity index is 1650. The quantitative estimate of drug-likeness (QED) is 0.285. The van der Waals surface area contributed by atoms with Gasteiger partial charge in [0.25, 0.3) is 17.2 Å². The standard InChI is InChI=1S/C28H22Cl2N4O3/c1-16(2)24-22(27(36)34(31-24)19-10-11-20(29)21(30)15-19)23-25(32-12-5-4-6-13-32)28(37)33(26(23)35)18-9-7-8-17(3)14-18/h4-16H,1-3H3/p+1. The maximum Gasteiger partial charge on any atom is 0.331 e. The summed E-state index contributed by atoms with van der Waals surface area (Å²) in [5.74, 6) is -1.25. The number of amides is 2. The number of carbonyl (C=O) groups is 2. The highest BCUT2D eigenvalue weighted by molar-refractivity contribution is 6.53. The van der Waals surface area contributed by atoms with Crippen molar-refractivity contribution in [2.75, 3.05) is 4.90 Å². The van der Waals surface area contributed by atoms with Crippen LogP contribution in [-0.4, -0.2) is 21.6 Å². The Kier molecular flexibility index (Phi) is 6.35. The lowest BCUT2D eigenvalue weighted by molar-refractivity contribution is -0.576. The molecule has 7 nitrogen and oxygen atoms in total. The monoisotopic (exact) mass is 533 g/mol. The minimum atomic E-state index is -0.568. The van der Waals surface area contributed by atoms with Crippen LogP contribution >= 0.6 is 23.2 Å². The predicted octanol–water partition coefficient (Wildman–Crippen LogP) is 5.13. The molecule has 186 valence electrons. The van der Waals surface area contributed by atoms with E-state index in [1.807, 2.05) is 32.9 Å². The molecule has 0 atom stereocenters. The van der Waals surface area contributed by atoms with Gasteiger partial charge in [0.15, 0.2) is 12.4 Å². The molecule has 1 N–H and O–H groups in total. The molecule has 2 aromatic carbocycles. The van der Waals surface area contributed by atoms with Crippen molar-refractivity contribution < 1.29 is 14.2 Å². The van der Waals surface area contributed by atoms with Crippen molar-refractivity contribution in [2.45, 2.75) is 26.7 Å². The van der Waals surface area contributed by atoms with Crippen LogP contribution in [0.3, 0.4) is 0 Å². The predicted molar refractivity (Wildman–Crippen MR) is 144 cm³/mol. The molecule has 0 unspecified atom stereocenters. The van der Waals surface area contributed by atoms with Gasteiger partial charge in [-0.3, -0.25) is 19.5 Å². The van der Waals surface area contributed by atoms with Crippen LogP contribution in [0.4, 0.5) is 5.69 Å². The number of nitrogens with one attached hydrogen (secondary N) is 1. The average molecular weight is 534 g/mol. The summed E-state index contributed by atoms with van der Waals surface area (Å²) in [6.07, 6.45) is 3.36. The zero-order valence-corrected chi connectivity index (χ0v) is 21.8. The fourth-order valence-corrected chi connectivity index (χ4v) is 4.74. The highest BCUT2D eigenvalue weighted by Crippen LogP contribution is 2.35. The van der Waals surface area contributed by atoms with Gasteiger partial charge in [0.1, 0.15) is 5.57 Å². The molecule has 0 spiro atoms. The van der Waals surface area contributed by atoms with Gasteiger partial charge in [-0.1, -0.05) is 55.2 Å². The first kappa shape index (κ1) is 24.7. The Morgan fingerprint density at radius 2 is 1.57 bits per heavy atom. The first-order valence-electron chi connectivity index (χ1n) is 11.7. The minimum Gasteiger partial charge on any atom is -0.294 e. The van der Waals surface area contributed by atoms with E-state index in [2.05, 4.69) is 5.10 Å².